The standard InChI is InChI=1S/C5H4IN3O2/c6-3-1-8-4(2-7-3)9-5(10)11/h1-2H,(H,8,9)(H,10,11). The number of carboxylic acid groups (broad SMARTS) is 1. The van der Waals surface area contributed by atoms with Gasteiger partial charge in [-0.15, -0.1) is 0 Å². The van der Waals surface area contributed by atoms with Crippen LogP contribution in [0.25, 0.3) is 0 Å². The van der Waals surface area contributed by atoms with Gasteiger partial charge in [0.2, 0.25) is 0 Å². The van der Waals surface area contributed by atoms with E-state index in [1.165, 1.54) is 12.4 Å². The van der Waals surface area contributed by atoms with E-state index in [0.29, 0.717) is 0 Å². The first-order chi connectivity index (χ1) is 5.18. The van der Waals surface area contributed by atoms with E-state index in [-0.39, 0.29) is 5.82 Å². The quantitative estimate of drug-likeness (QED) is 0.747. The third-order valence-electron chi connectivity index (χ3n) is 0.855. The number of rotatable bonds is 1. The topological polar surface area (TPSA) is 75.1 Å². The van der Waals surface area contributed by atoms with Gasteiger partial charge >= 0.3 is 6.09 Å². The molecule has 0 aliphatic rings. The highest BCUT2D eigenvalue weighted by Gasteiger charge is 1.97. The second kappa shape index (κ2) is 3.46. The Hall–Kier alpha value is -0.920. The lowest BCUT2D eigenvalue weighted by molar-refractivity contribution is 0.209. The Morgan fingerprint density at radius 2 is 2.27 bits per heavy atom. The lowest BCUT2D eigenvalue weighted by atomic mass is 10.7. The third-order valence-corrected chi connectivity index (χ3v) is 1.41. The summed E-state index contributed by atoms with van der Waals surface area (Å²) in [6, 6.07) is 0. The van der Waals surface area contributed by atoms with E-state index in [1.807, 2.05) is 22.6 Å². The lowest BCUT2D eigenvalue weighted by Crippen LogP contribution is -2.08. The minimum absolute atomic E-state index is 0.234. The molecule has 5 nitrogen and oxygen atoms in total. The van der Waals surface area contributed by atoms with E-state index in [2.05, 4.69) is 15.3 Å². The number of carbonyl (C=O) groups is 1. The summed E-state index contributed by atoms with van der Waals surface area (Å²) < 4.78 is 0.721. The predicted molar refractivity (Wildman–Crippen MR) is 46.4 cm³/mol. The van der Waals surface area contributed by atoms with Gasteiger partial charge in [0.25, 0.3) is 0 Å². The fraction of sp³-hybridized carbons (Fsp3) is 0. The fourth-order valence-corrected chi connectivity index (χ4v) is 0.765. The molecule has 1 heterocycles. The van der Waals surface area contributed by atoms with Gasteiger partial charge in [0.05, 0.1) is 12.4 Å². The number of amides is 1. The van der Waals surface area contributed by atoms with E-state index < -0.39 is 6.09 Å². The highest BCUT2D eigenvalue weighted by molar-refractivity contribution is 14.1. The second-order valence-corrected chi connectivity index (χ2v) is 2.76. The summed E-state index contributed by atoms with van der Waals surface area (Å²) in [5, 5.41) is 10.3. The van der Waals surface area contributed by atoms with Crippen LogP contribution in [-0.2, 0) is 0 Å². The van der Waals surface area contributed by atoms with Crippen molar-refractivity contribution in [2.45, 2.75) is 0 Å². The Morgan fingerprint density at radius 1 is 1.55 bits per heavy atom. The van der Waals surface area contributed by atoms with Crippen LogP contribution in [0.4, 0.5) is 10.6 Å². The largest absolute Gasteiger partial charge is 0.465 e. The Bertz CT molecular complexity index is 261. The highest BCUT2D eigenvalue weighted by atomic mass is 127. The monoisotopic (exact) mass is 265 g/mol. The van der Waals surface area contributed by atoms with Gasteiger partial charge in [-0.1, -0.05) is 0 Å². The first kappa shape index (κ1) is 8.18. The van der Waals surface area contributed by atoms with E-state index in [4.69, 9.17) is 5.11 Å². The molecular weight excluding hydrogens is 261 g/mol. The number of nitrogens with zero attached hydrogens (tertiary/aromatic N) is 2. The van der Waals surface area contributed by atoms with Gasteiger partial charge in [0.1, 0.15) is 3.70 Å². The zero-order chi connectivity index (χ0) is 8.27. The van der Waals surface area contributed by atoms with E-state index in [9.17, 15) is 4.79 Å². The molecule has 2 N–H and O–H groups in total. The molecule has 0 fully saturated rings. The van der Waals surface area contributed by atoms with Crippen LogP contribution in [-0.4, -0.2) is 21.2 Å². The van der Waals surface area contributed by atoms with Crippen LogP contribution in [0.2, 0.25) is 0 Å². The van der Waals surface area contributed by atoms with Crippen molar-refractivity contribution in [3.8, 4) is 0 Å². The summed E-state index contributed by atoms with van der Waals surface area (Å²) >= 11 is 1.98. The molecule has 0 aliphatic carbocycles. The molecule has 1 rings (SSSR count). The average Bonchev–Trinajstić information content (AvgIpc) is 1.93. The van der Waals surface area contributed by atoms with Gasteiger partial charge < -0.3 is 5.11 Å². The highest BCUT2D eigenvalue weighted by Crippen LogP contribution is 2.02. The smallest absolute Gasteiger partial charge is 0.410 e. The van der Waals surface area contributed by atoms with Crippen molar-refractivity contribution >= 4 is 34.5 Å². The molecule has 58 valence electrons. The van der Waals surface area contributed by atoms with E-state index in [1.54, 1.807) is 0 Å². The predicted octanol–water partition coefficient (Wildman–Crippen LogP) is 1.17. The van der Waals surface area contributed by atoms with Gasteiger partial charge in [0, 0.05) is 0 Å². The maximum atomic E-state index is 10.1. The van der Waals surface area contributed by atoms with Crippen LogP contribution >= 0.6 is 22.6 Å². The first-order valence-electron chi connectivity index (χ1n) is 2.66. The molecule has 0 aromatic carbocycles. The maximum Gasteiger partial charge on any atom is 0.410 e. The Morgan fingerprint density at radius 3 is 2.73 bits per heavy atom. The number of aromatic nitrogens is 2. The van der Waals surface area contributed by atoms with E-state index >= 15 is 0 Å². The number of anilines is 1. The van der Waals surface area contributed by atoms with Crippen LogP contribution in [0.5, 0.6) is 0 Å². The Kier molecular flexibility index (Phi) is 2.58. The van der Waals surface area contributed by atoms with Crippen LogP contribution < -0.4 is 5.32 Å². The molecule has 0 unspecified atom stereocenters. The number of hydrogen-bond donors (Lipinski definition) is 2. The molecule has 1 aromatic heterocycles. The molecule has 0 spiro atoms. The summed E-state index contributed by atoms with van der Waals surface area (Å²) in [4.78, 5) is 17.7. The molecule has 0 radical (unpaired) electrons. The van der Waals surface area contributed by atoms with E-state index in [0.717, 1.165) is 3.70 Å². The van der Waals surface area contributed by atoms with Gasteiger partial charge in [-0.3, -0.25) is 5.32 Å². The zero-order valence-electron chi connectivity index (χ0n) is 5.28. The van der Waals surface area contributed by atoms with Crippen LogP contribution in [0, 0.1) is 3.70 Å². The molecule has 6 heteroatoms. The first-order valence-corrected chi connectivity index (χ1v) is 3.74. The SMILES string of the molecule is O=C(O)Nc1cnc(I)cn1. The van der Waals surface area contributed by atoms with Crippen molar-refractivity contribution in [2.75, 3.05) is 5.32 Å². The van der Waals surface area contributed by atoms with Crippen molar-refractivity contribution in [1.29, 1.82) is 0 Å². The third kappa shape index (κ3) is 2.66. The molecule has 1 aromatic rings. The minimum Gasteiger partial charge on any atom is -0.465 e. The van der Waals surface area contributed by atoms with Crippen molar-refractivity contribution in [2.24, 2.45) is 0 Å². The molecule has 1 amide bonds. The van der Waals surface area contributed by atoms with Crippen LogP contribution in [0.3, 0.4) is 0 Å². The Balaban J connectivity index is 2.74. The molecule has 0 atom stereocenters. The minimum atomic E-state index is -1.14. The van der Waals surface area contributed by atoms with Crippen molar-refractivity contribution in [1.82, 2.24) is 9.97 Å². The van der Waals surface area contributed by atoms with Gasteiger partial charge in [-0.05, 0) is 22.6 Å². The summed E-state index contributed by atoms with van der Waals surface area (Å²) in [7, 11) is 0. The molecule has 0 saturated heterocycles. The number of hydrogen-bond acceptors (Lipinski definition) is 3. The Labute approximate surface area is 76.0 Å². The van der Waals surface area contributed by atoms with Crippen molar-refractivity contribution < 1.29 is 9.90 Å². The van der Waals surface area contributed by atoms with Gasteiger partial charge in [-0.25, -0.2) is 14.8 Å². The number of halogens is 1. The maximum absolute atomic E-state index is 10.1. The van der Waals surface area contributed by atoms with Crippen LogP contribution in [0.15, 0.2) is 12.4 Å². The van der Waals surface area contributed by atoms with Crippen molar-refractivity contribution in [3.05, 3.63) is 16.1 Å². The van der Waals surface area contributed by atoms with Crippen molar-refractivity contribution in [3.63, 3.8) is 0 Å². The summed E-state index contributed by atoms with van der Waals surface area (Å²) in [5.74, 6) is 0.234. The van der Waals surface area contributed by atoms with Gasteiger partial charge in [-0.2, -0.15) is 0 Å². The van der Waals surface area contributed by atoms with Crippen LogP contribution in [0.1, 0.15) is 0 Å². The second-order valence-electron chi connectivity index (χ2n) is 1.65. The summed E-state index contributed by atoms with van der Waals surface area (Å²) in [5.41, 5.74) is 0. The molecule has 11 heavy (non-hydrogen) atoms. The zero-order valence-corrected chi connectivity index (χ0v) is 7.44. The number of nitrogens with one attached hydrogen (secondary N) is 1. The average molecular weight is 265 g/mol. The normalized spacial score (nSPS) is 9.18. The fourth-order valence-electron chi connectivity index (χ4n) is 0.486. The summed E-state index contributed by atoms with van der Waals surface area (Å²) in [6.07, 6.45) is 1.70. The summed E-state index contributed by atoms with van der Waals surface area (Å²) in [6.45, 7) is 0. The molecule has 0 saturated carbocycles. The lowest BCUT2D eigenvalue weighted by Gasteiger charge is -1.96. The molecular formula is C5H4IN3O2. The molecule has 0 aliphatic heterocycles. The molecule has 0 bridgehead atoms. The van der Waals surface area contributed by atoms with Gasteiger partial charge in [0.15, 0.2) is 5.82 Å².